The smallest absolute Gasteiger partial charge is 0.255 e. The lowest BCUT2D eigenvalue weighted by Crippen LogP contribution is -2.25. The molecule has 0 bridgehead atoms. The Hall–Kier alpha value is -2.86. The largest absolute Gasteiger partial charge is 0.496 e. The number of ether oxygens (including phenoxy) is 2. The summed E-state index contributed by atoms with van der Waals surface area (Å²) in [6, 6.07) is 12.1. The van der Waals surface area contributed by atoms with Gasteiger partial charge in [-0.25, -0.2) is 0 Å². The molecule has 27 heavy (non-hydrogen) atoms. The van der Waals surface area contributed by atoms with Crippen LogP contribution in [0.2, 0.25) is 0 Å². The maximum atomic E-state index is 12.5. The number of anilines is 1. The molecule has 2 aromatic rings. The molecule has 0 saturated carbocycles. The molecule has 0 aliphatic rings. The highest BCUT2D eigenvalue weighted by Crippen LogP contribution is 2.20. The van der Waals surface area contributed by atoms with Crippen molar-refractivity contribution in [1.82, 2.24) is 5.32 Å². The maximum absolute atomic E-state index is 12.5. The molecule has 0 radical (unpaired) electrons. The van der Waals surface area contributed by atoms with Gasteiger partial charge in [0.25, 0.3) is 11.8 Å². The van der Waals surface area contributed by atoms with Crippen LogP contribution < -0.4 is 15.4 Å². The van der Waals surface area contributed by atoms with Gasteiger partial charge in [-0.3, -0.25) is 9.59 Å². The number of rotatable bonds is 9. The summed E-state index contributed by atoms with van der Waals surface area (Å²) in [7, 11) is 1.57. The van der Waals surface area contributed by atoms with Gasteiger partial charge in [-0.05, 0) is 56.2 Å². The third-order valence-corrected chi connectivity index (χ3v) is 4.01. The van der Waals surface area contributed by atoms with E-state index in [1.807, 2.05) is 19.9 Å². The van der Waals surface area contributed by atoms with Gasteiger partial charge < -0.3 is 20.1 Å². The Kier molecular flexibility index (Phi) is 7.82. The van der Waals surface area contributed by atoms with E-state index in [0.717, 1.165) is 12.0 Å². The molecule has 2 rings (SSSR count). The summed E-state index contributed by atoms with van der Waals surface area (Å²) in [5.74, 6) is 0.213. The number of carbonyl (C=O) groups is 2. The van der Waals surface area contributed by atoms with Gasteiger partial charge in [0, 0.05) is 36.6 Å². The highest BCUT2D eigenvalue weighted by molar-refractivity contribution is 6.05. The van der Waals surface area contributed by atoms with E-state index in [0.29, 0.717) is 42.3 Å². The zero-order chi connectivity index (χ0) is 19.6. The Morgan fingerprint density at radius 2 is 1.81 bits per heavy atom. The van der Waals surface area contributed by atoms with Crippen LogP contribution in [-0.2, 0) is 4.74 Å². The number of hydrogen-bond donors (Lipinski definition) is 2. The van der Waals surface area contributed by atoms with Gasteiger partial charge >= 0.3 is 0 Å². The zero-order valence-electron chi connectivity index (χ0n) is 16.0. The SMILES string of the molecule is CCOCCCNC(=O)c1cccc(NC(=O)c2ccc(C)c(OC)c2)c1. The van der Waals surface area contributed by atoms with Crippen molar-refractivity contribution in [1.29, 1.82) is 0 Å². The van der Waals surface area contributed by atoms with E-state index in [9.17, 15) is 9.59 Å². The number of methoxy groups -OCH3 is 1. The molecule has 6 nitrogen and oxygen atoms in total. The third kappa shape index (κ3) is 6.11. The lowest BCUT2D eigenvalue weighted by atomic mass is 10.1. The van der Waals surface area contributed by atoms with Crippen LogP contribution in [0, 0.1) is 6.92 Å². The standard InChI is InChI=1S/C21H26N2O4/c1-4-27-12-6-11-22-20(24)16-7-5-8-18(13-16)23-21(25)17-10-9-15(2)19(14-17)26-3/h5,7-10,13-14H,4,6,11-12H2,1-3H3,(H,22,24)(H,23,25). The zero-order valence-corrected chi connectivity index (χ0v) is 16.0. The average molecular weight is 370 g/mol. The molecule has 144 valence electrons. The van der Waals surface area contributed by atoms with E-state index >= 15 is 0 Å². The van der Waals surface area contributed by atoms with Crippen molar-refractivity contribution in [3.8, 4) is 5.75 Å². The van der Waals surface area contributed by atoms with Gasteiger partial charge in [-0.1, -0.05) is 12.1 Å². The molecule has 0 aromatic heterocycles. The first-order valence-corrected chi connectivity index (χ1v) is 8.97. The lowest BCUT2D eigenvalue weighted by molar-refractivity contribution is 0.0943. The normalized spacial score (nSPS) is 10.3. The fourth-order valence-corrected chi connectivity index (χ4v) is 2.53. The molecule has 0 saturated heterocycles. The second kappa shape index (κ2) is 10.3. The molecule has 2 amide bonds. The van der Waals surface area contributed by atoms with Crippen LogP contribution in [0.4, 0.5) is 5.69 Å². The van der Waals surface area contributed by atoms with E-state index in [2.05, 4.69) is 10.6 Å². The van der Waals surface area contributed by atoms with E-state index in [1.165, 1.54) is 0 Å². The summed E-state index contributed by atoms with van der Waals surface area (Å²) >= 11 is 0. The first-order chi connectivity index (χ1) is 13.0. The van der Waals surface area contributed by atoms with Gasteiger partial charge in [0.1, 0.15) is 5.75 Å². The van der Waals surface area contributed by atoms with Crippen molar-refractivity contribution in [2.24, 2.45) is 0 Å². The van der Waals surface area contributed by atoms with E-state index in [1.54, 1.807) is 43.5 Å². The molecule has 0 fully saturated rings. The van der Waals surface area contributed by atoms with Gasteiger partial charge in [0.15, 0.2) is 0 Å². The Balaban J connectivity index is 1.98. The van der Waals surface area contributed by atoms with Crippen molar-refractivity contribution in [2.75, 3.05) is 32.2 Å². The van der Waals surface area contributed by atoms with Crippen molar-refractivity contribution >= 4 is 17.5 Å². The van der Waals surface area contributed by atoms with E-state index in [4.69, 9.17) is 9.47 Å². The van der Waals surface area contributed by atoms with Crippen molar-refractivity contribution in [3.63, 3.8) is 0 Å². The van der Waals surface area contributed by atoms with Crippen LogP contribution in [0.3, 0.4) is 0 Å². The van der Waals surface area contributed by atoms with E-state index in [-0.39, 0.29) is 11.8 Å². The molecule has 0 aliphatic heterocycles. The van der Waals surface area contributed by atoms with Gasteiger partial charge in [-0.15, -0.1) is 0 Å². The molecule has 0 spiro atoms. The molecule has 0 atom stereocenters. The molecule has 2 N–H and O–H groups in total. The fraction of sp³-hybridized carbons (Fsp3) is 0.333. The molecule has 0 aliphatic carbocycles. The minimum atomic E-state index is -0.262. The molecule has 2 aromatic carbocycles. The number of hydrogen-bond acceptors (Lipinski definition) is 4. The quantitative estimate of drug-likeness (QED) is 0.663. The summed E-state index contributed by atoms with van der Waals surface area (Å²) in [4.78, 5) is 24.7. The molecular weight excluding hydrogens is 344 g/mol. The second-order valence-electron chi connectivity index (χ2n) is 6.03. The molecule has 0 heterocycles. The average Bonchev–Trinajstić information content (AvgIpc) is 2.68. The number of benzene rings is 2. The Labute approximate surface area is 159 Å². The van der Waals surface area contributed by atoms with Crippen molar-refractivity contribution in [3.05, 3.63) is 59.2 Å². The first kappa shape index (κ1) is 20.5. The maximum Gasteiger partial charge on any atom is 0.255 e. The summed E-state index contributed by atoms with van der Waals surface area (Å²) in [5.41, 5.74) is 2.49. The predicted octanol–water partition coefficient (Wildman–Crippen LogP) is 3.41. The van der Waals surface area contributed by atoms with Crippen LogP contribution in [0.15, 0.2) is 42.5 Å². The van der Waals surface area contributed by atoms with Crippen LogP contribution in [0.25, 0.3) is 0 Å². The fourth-order valence-electron chi connectivity index (χ4n) is 2.53. The van der Waals surface area contributed by atoms with Gasteiger partial charge in [0.05, 0.1) is 7.11 Å². The Morgan fingerprint density at radius 1 is 1.04 bits per heavy atom. The molecular formula is C21H26N2O4. The Bertz CT molecular complexity index is 790. The predicted molar refractivity (Wildman–Crippen MR) is 106 cm³/mol. The van der Waals surface area contributed by atoms with Crippen LogP contribution in [0.5, 0.6) is 5.75 Å². The molecule has 6 heteroatoms. The van der Waals surface area contributed by atoms with Crippen LogP contribution >= 0.6 is 0 Å². The number of aryl methyl sites for hydroxylation is 1. The topological polar surface area (TPSA) is 76.7 Å². The Morgan fingerprint density at radius 3 is 2.56 bits per heavy atom. The summed E-state index contributed by atoms with van der Waals surface area (Å²) in [6.45, 7) is 5.68. The van der Waals surface area contributed by atoms with Crippen molar-refractivity contribution in [2.45, 2.75) is 20.3 Å². The highest BCUT2D eigenvalue weighted by Gasteiger charge is 2.11. The summed E-state index contributed by atoms with van der Waals surface area (Å²) < 4.78 is 10.5. The number of nitrogens with one attached hydrogen (secondary N) is 2. The third-order valence-electron chi connectivity index (χ3n) is 4.01. The van der Waals surface area contributed by atoms with E-state index < -0.39 is 0 Å². The van der Waals surface area contributed by atoms with Gasteiger partial charge in [0.2, 0.25) is 0 Å². The minimum Gasteiger partial charge on any atom is -0.496 e. The second-order valence-corrected chi connectivity index (χ2v) is 6.03. The monoisotopic (exact) mass is 370 g/mol. The highest BCUT2D eigenvalue weighted by atomic mass is 16.5. The van der Waals surface area contributed by atoms with Crippen molar-refractivity contribution < 1.29 is 19.1 Å². The van der Waals surface area contributed by atoms with Gasteiger partial charge in [-0.2, -0.15) is 0 Å². The number of amides is 2. The number of carbonyl (C=O) groups excluding carboxylic acids is 2. The lowest BCUT2D eigenvalue weighted by Gasteiger charge is -2.10. The molecule has 0 unspecified atom stereocenters. The van der Waals surface area contributed by atoms with Crippen LogP contribution in [-0.4, -0.2) is 38.7 Å². The summed E-state index contributed by atoms with van der Waals surface area (Å²) in [6.07, 6.45) is 0.755. The first-order valence-electron chi connectivity index (χ1n) is 8.97. The van der Waals surface area contributed by atoms with Crippen LogP contribution in [0.1, 0.15) is 39.6 Å². The minimum absolute atomic E-state index is 0.181. The summed E-state index contributed by atoms with van der Waals surface area (Å²) in [5, 5.41) is 5.66.